The first-order valence-electron chi connectivity index (χ1n) is 7.88. The molecule has 0 radical (unpaired) electrons. The molecule has 0 N–H and O–H groups in total. The third kappa shape index (κ3) is 5.01. The number of hydrogen-bond donors (Lipinski definition) is 0. The molecular weight excluding hydrogens is 286 g/mol. The predicted molar refractivity (Wildman–Crippen MR) is 86.5 cm³/mol. The molecule has 4 heteroatoms. The van der Waals surface area contributed by atoms with Crippen LogP contribution in [0.3, 0.4) is 0 Å². The van der Waals surface area contributed by atoms with E-state index in [4.69, 9.17) is 16.3 Å². The van der Waals surface area contributed by atoms with E-state index in [1.54, 1.807) is 12.1 Å². The van der Waals surface area contributed by atoms with Crippen LogP contribution in [-0.4, -0.2) is 36.9 Å². The van der Waals surface area contributed by atoms with Crippen LogP contribution in [0.1, 0.15) is 49.4 Å². The fourth-order valence-electron chi connectivity index (χ4n) is 2.65. The van der Waals surface area contributed by atoms with Crippen molar-refractivity contribution in [3.63, 3.8) is 0 Å². The van der Waals surface area contributed by atoms with Gasteiger partial charge in [-0.25, -0.2) is 0 Å². The van der Waals surface area contributed by atoms with Crippen molar-refractivity contribution in [2.75, 3.05) is 26.2 Å². The van der Waals surface area contributed by atoms with E-state index in [1.807, 2.05) is 13.0 Å². The monoisotopic (exact) mass is 309 g/mol. The second-order valence-electron chi connectivity index (χ2n) is 5.57. The number of rotatable bonds is 7. The van der Waals surface area contributed by atoms with Gasteiger partial charge in [-0.2, -0.15) is 0 Å². The summed E-state index contributed by atoms with van der Waals surface area (Å²) in [6.45, 7) is 5.96. The lowest BCUT2D eigenvalue weighted by atomic mass is 10.1. The minimum atomic E-state index is 0.0994. The van der Waals surface area contributed by atoms with Gasteiger partial charge < -0.3 is 4.74 Å². The number of Topliss-reactive ketones (excluding diaryl/α,β-unsaturated/α-hetero) is 1. The van der Waals surface area contributed by atoms with Gasteiger partial charge in [0.25, 0.3) is 0 Å². The number of likely N-dealkylation sites (tertiary alicyclic amines) is 1. The van der Waals surface area contributed by atoms with Crippen molar-refractivity contribution in [1.82, 2.24) is 4.90 Å². The van der Waals surface area contributed by atoms with Gasteiger partial charge >= 0.3 is 0 Å². The number of carbonyl (C=O) groups excluding carboxylic acids is 1. The van der Waals surface area contributed by atoms with E-state index >= 15 is 0 Å². The molecule has 1 aromatic rings. The second kappa shape index (κ2) is 8.40. The minimum Gasteiger partial charge on any atom is -0.492 e. The van der Waals surface area contributed by atoms with Gasteiger partial charge in [0.15, 0.2) is 5.78 Å². The number of hydrogen-bond acceptors (Lipinski definition) is 3. The summed E-state index contributed by atoms with van der Waals surface area (Å²) >= 11 is 6.18. The maximum absolute atomic E-state index is 11.9. The van der Waals surface area contributed by atoms with Gasteiger partial charge in [-0.3, -0.25) is 9.69 Å². The number of carbonyl (C=O) groups is 1. The maximum Gasteiger partial charge on any atom is 0.164 e. The van der Waals surface area contributed by atoms with Crippen LogP contribution in [0.4, 0.5) is 0 Å². The normalized spacial score (nSPS) is 15.9. The van der Waals surface area contributed by atoms with Crippen LogP contribution in [0.2, 0.25) is 5.02 Å². The second-order valence-corrected chi connectivity index (χ2v) is 5.97. The third-order valence-electron chi connectivity index (χ3n) is 3.84. The Labute approximate surface area is 132 Å². The van der Waals surface area contributed by atoms with Crippen LogP contribution in [0.25, 0.3) is 0 Å². The fourth-order valence-corrected chi connectivity index (χ4v) is 2.93. The van der Waals surface area contributed by atoms with Gasteiger partial charge in [-0.05, 0) is 50.6 Å². The first-order chi connectivity index (χ1) is 10.2. The molecule has 0 amide bonds. The zero-order chi connectivity index (χ0) is 15.1. The number of ketones is 1. The van der Waals surface area contributed by atoms with Gasteiger partial charge in [0.1, 0.15) is 12.4 Å². The molecule has 1 aromatic carbocycles. The third-order valence-corrected chi connectivity index (χ3v) is 4.16. The number of piperidine rings is 1. The molecule has 0 aliphatic carbocycles. The Balaban J connectivity index is 1.83. The Kier molecular flexibility index (Phi) is 6.52. The Morgan fingerprint density at radius 2 is 2.05 bits per heavy atom. The number of benzene rings is 1. The maximum atomic E-state index is 11.9. The summed E-state index contributed by atoms with van der Waals surface area (Å²) in [6, 6.07) is 5.36. The van der Waals surface area contributed by atoms with Crippen molar-refractivity contribution < 1.29 is 9.53 Å². The molecular formula is C17H24ClNO2. The van der Waals surface area contributed by atoms with Crippen molar-refractivity contribution in [2.24, 2.45) is 0 Å². The van der Waals surface area contributed by atoms with Gasteiger partial charge in [0, 0.05) is 18.5 Å². The van der Waals surface area contributed by atoms with E-state index < -0.39 is 0 Å². The van der Waals surface area contributed by atoms with Gasteiger partial charge in [-0.15, -0.1) is 0 Å². The molecule has 116 valence electrons. The van der Waals surface area contributed by atoms with Gasteiger partial charge in [0.05, 0.1) is 5.02 Å². The molecule has 1 aliphatic heterocycles. The summed E-state index contributed by atoms with van der Waals surface area (Å²) in [5.74, 6) is 0.840. The lowest BCUT2D eigenvalue weighted by Gasteiger charge is -2.26. The number of nitrogens with zero attached hydrogens (tertiary/aromatic N) is 1. The Morgan fingerprint density at radius 1 is 1.29 bits per heavy atom. The zero-order valence-corrected chi connectivity index (χ0v) is 13.5. The predicted octanol–water partition coefficient (Wildman–Crippen LogP) is 4.19. The lowest BCUT2D eigenvalue weighted by molar-refractivity contribution is 0.0982. The Bertz CT molecular complexity index is 470. The van der Waals surface area contributed by atoms with Gasteiger partial charge in [-0.1, -0.05) is 24.9 Å². The van der Waals surface area contributed by atoms with Crippen LogP contribution >= 0.6 is 11.6 Å². The molecule has 2 rings (SSSR count). The highest BCUT2D eigenvalue weighted by molar-refractivity contribution is 6.34. The van der Waals surface area contributed by atoms with Gasteiger partial charge in [0.2, 0.25) is 0 Å². The highest BCUT2D eigenvalue weighted by atomic mass is 35.5. The quantitative estimate of drug-likeness (QED) is 0.707. The first-order valence-corrected chi connectivity index (χ1v) is 8.26. The number of ether oxygens (including phenoxy) is 1. The van der Waals surface area contributed by atoms with Crippen LogP contribution in [0, 0.1) is 0 Å². The topological polar surface area (TPSA) is 29.5 Å². The summed E-state index contributed by atoms with van der Waals surface area (Å²) in [4.78, 5) is 14.3. The van der Waals surface area contributed by atoms with Crippen molar-refractivity contribution in [3.8, 4) is 5.75 Å². The number of halogens is 1. The van der Waals surface area contributed by atoms with E-state index in [9.17, 15) is 4.79 Å². The molecule has 0 spiro atoms. The highest BCUT2D eigenvalue weighted by Gasteiger charge is 2.12. The van der Waals surface area contributed by atoms with Crippen molar-refractivity contribution in [3.05, 3.63) is 28.8 Å². The zero-order valence-electron chi connectivity index (χ0n) is 12.7. The molecule has 1 heterocycles. The minimum absolute atomic E-state index is 0.0994. The first kappa shape index (κ1) is 16.3. The van der Waals surface area contributed by atoms with E-state index in [2.05, 4.69) is 4.90 Å². The highest BCUT2D eigenvalue weighted by Crippen LogP contribution is 2.24. The van der Waals surface area contributed by atoms with E-state index in [1.165, 1.54) is 32.4 Å². The molecule has 0 atom stereocenters. The standard InChI is InChI=1S/C17H24ClNO2/c1-2-6-17(20)15-8-7-14(13-16(15)18)21-12-11-19-9-4-3-5-10-19/h7-8,13H,2-6,9-12H2,1H3. The van der Waals surface area contributed by atoms with E-state index in [-0.39, 0.29) is 5.78 Å². The van der Waals surface area contributed by atoms with Crippen LogP contribution in [0.5, 0.6) is 5.75 Å². The van der Waals surface area contributed by atoms with E-state index in [0.29, 0.717) is 23.6 Å². The summed E-state index contributed by atoms with van der Waals surface area (Å²) in [6.07, 6.45) is 5.30. The van der Waals surface area contributed by atoms with Crippen LogP contribution < -0.4 is 4.74 Å². The molecule has 21 heavy (non-hydrogen) atoms. The molecule has 0 aromatic heterocycles. The van der Waals surface area contributed by atoms with Crippen molar-refractivity contribution in [2.45, 2.75) is 39.0 Å². The molecule has 0 saturated carbocycles. The Morgan fingerprint density at radius 3 is 2.71 bits per heavy atom. The lowest BCUT2D eigenvalue weighted by Crippen LogP contribution is -2.33. The molecule has 0 bridgehead atoms. The molecule has 3 nitrogen and oxygen atoms in total. The van der Waals surface area contributed by atoms with Crippen molar-refractivity contribution >= 4 is 17.4 Å². The summed E-state index contributed by atoms with van der Waals surface area (Å²) < 4.78 is 5.75. The molecule has 0 unspecified atom stereocenters. The Hall–Kier alpha value is -1.06. The average molecular weight is 310 g/mol. The van der Waals surface area contributed by atoms with Crippen LogP contribution in [-0.2, 0) is 0 Å². The van der Waals surface area contributed by atoms with Crippen molar-refractivity contribution in [1.29, 1.82) is 0 Å². The smallest absolute Gasteiger partial charge is 0.164 e. The molecule has 1 saturated heterocycles. The summed E-state index contributed by atoms with van der Waals surface area (Å²) in [7, 11) is 0. The summed E-state index contributed by atoms with van der Waals surface area (Å²) in [5.41, 5.74) is 0.599. The summed E-state index contributed by atoms with van der Waals surface area (Å²) in [5, 5.41) is 0.490. The SMILES string of the molecule is CCCC(=O)c1ccc(OCCN2CCCCC2)cc1Cl. The van der Waals surface area contributed by atoms with Crippen LogP contribution in [0.15, 0.2) is 18.2 Å². The average Bonchev–Trinajstić information content (AvgIpc) is 2.48. The molecule has 1 fully saturated rings. The fraction of sp³-hybridized carbons (Fsp3) is 0.588. The largest absolute Gasteiger partial charge is 0.492 e. The molecule has 1 aliphatic rings. The van der Waals surface area contributed by atoms with E-state index in [0.717, 1.165) is 18.7 Å².